The van der Waals surface area contributed by atoms with Crippen LogP contribution in [0, 0.1) is 20.8 Å². The molecule has 9 nitrogen and oxygen atoms in total. The molecule has 0 atom stereocenters. The highest BCUT2D eigenvalue weighted by atomic mass is 32.1. The number of nitrogens with zero attached hydrogens (tertiary/aromatic N) is 8. The van der Waals surface area contributed by atoms with Crippen LogP contribution < -0.4 is 4.90 Å². The zero-order valence-electron chi connectivity index (χ0n) is 19.9. The highest BCUT2D eigenvalue weighted by molar-refractivity contribution is 7.15. The van der Waals surface area contributed by atoms with Gasteiger partial charge in [0, 0.05) is 31.7 Å². The lowest BCUT2D eigenvalue weighted by molar-refractivity contribution is 0.122. The summed E-state index contributed by atoms with van der Waals surface area (Å²) in [4.78, 5) is 26.3. The average molecular weight is 479 g/mol. The normalized spacial score (nSPS) is 15.3. The summed E-state index contributed by atoms with van der Waals surface area (Å²) >= 11 is 1.61. The Balaban J connectivity index is 0.000000228. The number of morpholine rings is 1. The van der Waals surface area contributed by atoms with Gasteiger partial charge in [0.1, 0.15) is 11.2 Å². The summed E-state index contributed by atoms with van der Waals surface area (Å²) < 4.78 is 7.46. The summed E-state index contributed by atoms with van der Waals surface area (Å²) in [7, 11) is 0. The van der Waals surface area contributed by atoms with E-state index in [9.17, 15) is 0 Å². The second-order valence-electron chi connectivity index (χ2n) is 8.00. The number of aromatic nitrogens is 7. The minimum Gasteiger partial charge on any atom is -0.378 e. The molecule has 2 fully saturated rings. The molecule has 5 heterocycles. The van der Waals surface area contributed by atoms with E-state index in [2.05, 4.69) is 38.1 Å². The minimum absolute atomic E-state index is 0.635. The molecule has 34 heavy (non-hydrogen) atoms. The van der Waals surface area contributed by atoms with Crippen molar-refractivity contribution in [3.63, 3.8) is 0 Å². The first-order valence-corrected chi connectivity index (χ1v) is 12.2. The van der Waals surface area contributed by atoms with Gasteiger partial charge in [-0.25, -0.2) is 19.9 Å². The van der Waals surface area contributed by atoms with E-state index in [-0.39, 0.29) is 0 Å². The SMILES string of the molecule is C=C.Cc1ncc(-c2nc(N3CCOCC3)nc3nc(C)c(C)nc23)s1.c1cnn(C2CC2)c1. The van der Waals surface area contributed by atoms with Crippen molar-refractivity contribution in [2.45, 2.75) is 39.7 Å². The fourth-order valence-corrected chi connectivity index (χ4v) is 4.25. The largest absolute Gasteiger partial charge is 0.378 e. The quantitative estimate of drug-likeness (QED) is 0.402. The maximum absolute atomic E-state index is 5.43. The maximum atomic E-state index is 5.43. The van der Waals surface area contributed by atoms with Crippen molar-refractivity contribution in [3.05, 3.63) is 54.2 Å². The van der Waals surface area contributed by atoms with Crippen LogP contribution in [0.3, 0.4) is 0 Å². The average Bonchev–Trinajstić information content (AvgIpc) is 3.38. The van der Waals surface area contributed by atoms with E-state index in [1.165, 1.54) is 12.8 Å². The molecular weight excluding hydrogens is 448 g/mol. The number of ether oxygens (including phenoxy) is 1. The molecule has 1 saturated carbocycles. The van der Waals surface area contributed by atoms with Gasteiger partial charge in [0.15, 0.2) is 5.65 Å². The topological polar surface area (TPSA) is 94.7 Å². The van der Waals surface area contributed by atoms with Crippen molar-refractivity contribution < 1.29 is 4.74 Å². The Bertz CT molecular complexity index is 1230. The second-order valence-corrected chi connectivity index (χ2v) is 9.23. The second kappa shape index (κ2) is 10.8. The van der Waals surface area contributed by atoms with Gasteiger partial charge in [0.05, 0.1) is 40.5 Å². The highest BCUT2D eigenvalue weighted by Crippen LogP contribution is 2.33. The lowest BCUT2D eigenvalue weighted by atomic mass is 10.2. The Morgan fingerprint density at radius 3 is 2.35 bits per heavy atom. The maximum Gasteiger partial charge on any atom is 0.228 e. The molecule has 4 aromatic rings. The number of hydrogen-bond donors (Lipinski definition) is 0. The lowest BCUT2D eigenvalue weighted by Crippen LogP contribution is -2.37. The molecule has 178 valence electrons. The van der Waals surface area contributed by atoms with Crippen molar-refractivity contribution in [3.8, 4) is 10.6 Å². The van der Waals surface area contributed by atoms with E-state index in [0.29, 0.717) is 24.8 Å². The van der Waals surface area contributed by atoms with Crippen molar-refractivity contribution in [2.24, 2.45) is 0 Å². The summed E-state index contributed by atoms with van der Waals surface area (Å²) in [6.07, 6.45) is 8.35. The fourth-order valence-electron chi connectivity index (χ4n) is 3.48. The minimum atomic E-state index is 0.635. The molecule has 0 aromatic carbocycles. The number of aryl methyl sites for hydroxylation is 3. The molecule has 2 aliphatic rings. The smallest absolute Gasteiger partial charge is 0.228 e. The predicted octanol–water partition coefficient (Wildman–Crippen LogP) is 4.33. The van der Waals surface area contributed by atoms with Crippen LogP contribution in [0.15, 0.2) is 37.8 Å². The molecule has 0 amide bonds. The molecule has 1 saturated heterocycles. The monoisotopic (exact) mass is 478 g/mol. The van der Waals surface area contributed by atoms with Gasteiger partial charge in [0.25, 0.3) is 0 Å². The Morgan fingerprint density at radius 2 is 1.74 bits per heavy atom. The Labute approximate surface area is 203 Å². The summed E-state index contributed by atoms with van der Waals surface area (Å²) in [5, 5.41) is 5.10. The van der Waals surface area contributed by atoms with Crippen LogP contribution in [-0.4, -0.2) is 61.0 Å². The van der Waals surface area contributed by atoms with Crippen LogP contribution in [0.5, 0.6) is 0 Å². The first-order valence-electron chi connectivity index (χ1n) is 11.4. The Morgan fingerprint density at radius 1 is 1.00 bits per heavy atom. The fraction of sp³-hybridized carbons (Fsp3) is 0.417. The number of hydrogen-bond acceptors (Lipinski definition) is 9. The predicted molar refractivity (Wildman–Crippen MR) is 135 cm³/mol. The van der Waals surface area contributed by atoms with Crippen LogP contribution in [0.4, 0.5) is 5.95 Å². The lowest BCUT2D eigenvalue weighted by Gasteiger charge is -2.27. The molecule has 1 aliphatic heterocycles. The van der Waals surface area contributed by atoms with Crippen LogP contribution in [0.25, 0.3) is 21.7 Å². The van der Waals surface area contributed by atoms with Crippen molar-refractivity contribution in [1.82, 2.24) is 34.7 Å². The van der Waals surface area contributed by atoms with Crippen LogP contribution >= 0.6 is 11.3 Å². The Kier molecular flexibility index (Phi) is 7.59. The van der Waals surface area contributed by atoms with Gasteiger partial charge in [-0.15, -0.1) is 24.5 Å². The molecule has 0 unspecified atom stereocenters. The molecule has 0 bridgehead atoms. The zero-order valence-corrected chi connectivity index (χ0v) is 20.8. The van der Waals surface area contributed by atoms with Gasteiger partial charge in [-0.3, -0.25) is 4.68 Å². The third-order valence-electron chi connectivity index (χ3n) is 5.52. The number of rotatable bonds is 3. The number of anilines is 1. The van der Waals surface area contributed by atoms with Crippen LogP contribution in [0.1, 0.15) is 35.3 Å². The van der Waals surface area contributed by atoms with Crippen molar-refractivity contribution in [1.29, 1.82) is 0 Å². The standard InChI is InChI=1S/C16H18N6OS.C6H8N2.C2H4/c1-9-10(2)19-15-14(18-9)13(12-8-17-11(3)24-12)20-16(21-15)22-4-6-23-7-5-22;1-4-7-8(5-1)6-2-3-6;1-2/h8H,4-7H2,1-3H3;1,4-6H,2-3H2;1-2H2. The van der Waals surface area contributed by atoms with Crippen molar-refractivity contribution in [2.75, 3.05) is 31.2 Å². The van der Waals surface area contributed by atoms with Gasteiger partial charge in [-0.05, 0) is 39.7 Å². The molecule has 0 spiro atoms. The molecule has 10 heteroatoms. The van der Waals surface area contributed by atoms with E-state index in [1.54, 1.807) is 11.3 Å². The summed E-state index contributed by atoms with van der Waals surface area (Å²) in [5.74, 6) is 0.685. The number of fused-ring (bicyclic) bond motifs is 1. The van der Waals surface area contributed by atoms with Gasteiger partial charge < -0.3 is 9.64 Å². The van der Waals surface area contributed by atoms with E-state index in [0.717, 1.165) is 51.6 Å². The molecule has 0 N–H and O–H groups in total. The van der Waals surface area contributed by atoms with E-state index >= 15 is 0 Å². The highest BCUT2D eigenvalue weighted by Gasteiger charge is 2.23. The Hall–Kier alpha value is -3.24. The van der Waals surface area contributed by atoms with Gasteiger partial charge in [-0.2, -0.15) is 10.1 Å². The van der Waals surface area contributed by atoms with Gasteiger partial charge in [-0.1, -0.05) is 0 Å². The summed E-state index contributed by atoms with van der Waals surface area (Å²) in [6.45, 7) is 14.8. The first-order chi connectivity index (χ1) is 16.6. The molecule has 6 rings (SSSR count). The molecule has 4 aromatic heterocycles. The summed E-state index contributed by atoms with van der Waals surface area (Å²) in [5.41, 5.74) is 3.96. The summed E-state index contributed by atoms with van der Waals surface area (Å²) in [6, 6.07) is 2.71. The van der Waals surface area contributed by atoms with E-state index < -0.39 is 0 Å². The van der Waals surface area contributed by atoms with Crippen molar-refractivity contribution >= 4 is 28.4 Å². The third kappa shape index (κ3) is 5.45. The van der Waals surface area contributed by atoms with E-state index in [1.807, 2.05) is 50.1 Å². The van der Waals surface area contributed by atoms with Crippen LogP contribution in [0.2, 0.25) is 0 Å². The molecule has 0 radical (unpaired) electrons. The van der Waals surface area contributed by atoms with E-state index in [4.69, 9.17) is 14.7 Å². The third-order valence-corrected chi connectivity index (χ3v) is 6.44. The first kappa shape index (κ1) is 23.9. The zero-order chi connectivity index (χ0) is 24.1. The van der Waals surface area contributed by atoms with Gasteiger partial charge >= 0.3 is 0 Å². The molecular formula is C24H30N8OS. The van der Waals surface area contributed by atoms with Crippen LogP contribution in [-0.2, 0) is 4.74 Å². The van der Waals surface area contributed by atoms with Gasteiger partial charge in [0.2, 0.25) is 5.95 Å². The number of thiazole rings is 1. The molecule has 1 aliphatic carbocycles.